The van der Waals surface area contributed by atoms with Gasteiger partial charge >= 0.3 is 0 Å². The van der Waals surface area contributed by atoms with Gasteiger partial charge in [-0.25, -0.2) is 4.98 Å². The average molecular weight is 236 g/mol. The van der Waals surface area contributed by atoms with Crippen LogP contribution in [0, 0.1) is 6.92 Å². The summed E-state index contributed by atoms with van der Waals surface area (Å²) >= 11 is 0. The van der Waals surface area contributed by atoms with Crippen molar-refractivity contribution in [3.8, 4) is 0 Å². The van der Waals surface area contributed by atoms with E-state index in [4.69, 9.17) is 5.73 Å². The van der Waals surface area contributed by atoms with Crippen LogP contribution in [0.3, 0.4) is 0 Å². The number of likely N-dealkylation sites (N-methyl/N-ethyl adjacent to an activating group) is 2. The second-order valence-electron chi connectivity index (χ2n) is 3.83. The van der Waals surface area contributed by atoms with E-state index in [0.717, 1.165) is 23.6 Å². The lowest BCUT2D eigenvalue weighted by molar-refractivity contribution is -0.119. The van der Waals surface area contributed by atoms with Crippen molar-refractivity contribution in [3.63, 3.8) is 0 Å². The lowest BCUT2D eigenvalue weighted by atomic mass is 10.2. The third kappa shape index (κ3) is 3.42. The first-order valence-electron chi connectivity index (χ1n) is 5.74. The van der Waals surface area contributed by atoms with Crippen molar-refractivity contribution in [2.24, 2.45) is 5.73 Å². The molecule has 17 heavy (non-hydrogen) atoms. The third-order valence-electron chi connectivity index (χ3n) is 2.61. The quantitative estimate of drug-likeness (QED) is 0.777. The highest BCUT2D eigenvalue weighted by Crippen LogP contribution is 2.17. The highest BCUT2D eigenvalue weighted by atomic mass is 16.1. The molecule has 1 heterocycles. The van der Waals surface area contributed by atoms with Crippen LogP contribution >= 0.6 is 0 Å². The van der Waals surface area contributed by atoms with Crippen LogP contribution in [0.15, 0.2) is 12.1 Å². The molecule has 1 rings (SSSR count). The van der Waals surface area contributed by atoms with E-state index in [1.165, 1.54) is 0 Å². The number of carbonyl (C=O) groups is 1. The molecule has 5 nitrogen and oxygen atoms in total. The fourth-order valence-corrected chi connectivity index (χ4v) is 1.59. The van der Waals surface area contributed by atoms with Gasteiger partial charge in [-0.3, -0.25) is 4.79 Å². The van der Waals surface area contributed by atoms with Crippen molar-refractivity contribution >= 4 is 11.7 Å². The summed E-state index contributed by atoms with van der Waals surface area (Å²) in [6.45, 7) is 5.37. The molecule has 1 aromatic heterocycles. The van der Waals surface area contributed by atoms with Crippen LogP contribution in [0.25, 0.3) is 0 Å². The largest absolute Gasteiger partial charge is 0.358 e. The van der Waals surface area contributed by atoms with Gasteiger partial charge in [-0.1, -0.05) is 6.07 Å². The Morgan fingerprint density at radius 2 is 2.24 bits per heavy atom. The predicted molar refractivity (Wildman–Crippen MR) is 68.8 cm³/mol. The molecule has 0 spiro atoms. The number of aryl methyl sites for hydroxylation is 1. The number of amides is 1. The van der Waals surface area contributed by atoms with Crippen LogP contribution in [-0.2, 0) is 11.3 Å². The minimum absolute atomic E-state index is 0.0295. The van der Waals surface area contributed by atoms with E-state index in [1.807, 2.05) is 30.9 Å². The van der Waals surface area contributed by atoms with Gasteiger partial charge in [0, 0.05) is 31.4 Å². The number of hydrogen-bond acceptors (Lipinski definition) is 4. The van der Waals surface area contributed by atoms with Gasteiger partial charge in [-0.15, -0.1) is 0 Å². The van der Waals surface area contributed by atoms with E-state index in [-0.39, 0.29) is 5.91 Å². The molecule has 5 heteroatoms. The second kappa shape index (κ2) is 6.20. The first-order chi connectivity index (χ1) is 8.12. The normalized spacial score (nSPS) is 10.1. The number of carbonyl (C=O) groups excluding carboxylic acids is 1. The molecule has 0 bridgehead atoms. The number of nitrogens with one attached hydrogen (secondary N) is 1. The molecule has 0 aromatic carbocycles. The maximum atomic E-state index is 11.4. The van der Waals surface area contributed by atoms with Crippen molar-refractivity contribution in [2.75, 3.05) is 25.0 Å². The Hall–Kier alpha value is -1.62. The monoisotopic (exact) mass is 236 g/mol. The summed E-state index contributed by atoms with van der Waals surface area (Å²) in [4.78, 5) is 17.8. The van der Waals surface area contributed by atoms with Crippen LogP contribution in [0.4, 0.5) is 5.82 Å². The minimum Gasteiger partial charge on any atom is -0.358 e. The molecule has 0 atom stereocenters. The van der Waals surface area contributed by atoms with Gasteiger partial charge in [0.2, 0.25) is 5.91 Å². The number of nitrogens with zero attached hydrogens (tertiary/aromatic N) is 2. The molecule has 0 saturated carbocycles. The summed E-state index contributed by atoms with van der Waals surface area (Å²) < 4.78 is 0. The standard InChI is InChI=1S/C12H20N4O/c1-4-16(8-11(17)14-3)12-10(7-13)6-5-9(2)15-12/h5-6H,4,7-8,13H2,1-3H3,(H,14,17). The number of rotatable bonds is 5. The van der Waals surface area contributed by atoms with Crippen molar-refractivity contribution < 1.29 is 4.79 Å². The molecular weight excluding hydrogens is 216 g/mol. The van der Waals surface area contributed by atoms with Crippen molar-refractivity contribution in [1.82, 2.24) is 10.3 Å². The van der Waals surface area contributed by atoms with E-state index >= 15 is 0 Å². The van der Waals surface area contributed by atoms with Crippen molar-refractivity contribution in [1.29, 1.82) is 0 Å². The molecule has 1 aromatic rings. The van der Waals surface area contributed by atoms with Gasteiger partial charge < -0.3 is 16.0 Å². The summed E-state index contributed by atoms with van der Waals surface area (Å²) in [6, 6.07) is 3.89. The van der Waals surface area contributed by atoms with E-state index in [9.17, 15) is 4.79 Å². The van der Waals surface area contributed by atoms with Crippen molar-refractivity contribution in [2.45, 2.75) is 20.4 Å². The lowest BCUT2D eigenvalue weighted by Crippen LogP contribution is -2.36. The molecule has 0 fully saturated rings. The zero-order valence-corrected chi connectivity index (χ0v) is 10.7. The SMILES string of the molecule is CCN(CC(=O)NC)c1nc(C)ccc1CN. The predicted octanol–water partition coefficient (Wildman–Crippen LogP) is 0.421. The minimum atomic E-state index is -0.0295. The van der Waals surface area contributed by atoms with E-state index in [1.54, 1.807) is 7.05 Å². The molecule has 1 amide bonds. The maximum absolute atomic E-state index is 11.4. The molecule has 0 radical (unpaired) electrons. The number of aromatic nitrogens is 1. The van der Waals surface area contributed by atoms with Crippen molar-refractivity contribution in [3.05, 3.63) is 23.4 Å². The summed E-state index contributed by atoms with van der Waals surface area (Å²) in [5, 5.41) is 2.61. The highest BCUT2D eigenvalue weighted by Gasteiger charge is 2.13. The summed E-state index contributed by atoms with van der Waals surface area (Å²) in [5.74, 6) is 0.775. The Kier molecular flexibility index (Phi) is 4.90. The number of pyridine rings is 1. The lowest BCUT2D eigenvalue weighted by Gasteiger charge is -2.23. The molecule has 94 valence electrons. The third-order valence-corrected chi connectivity index (χ3v) is 2.61. The van der Waals surface area contributed by atoms with Gasteiger partial charge in [0.1, 0.15) is 5.82 Å². The Labute approximate surface area is 102 Å². The molecule has 3 N–H and O–H groups in total. The first kappa shape index (κ1) is 13.4. The summed E-state index contributed by atoms with van der Waals surface area (Å²) in [6.07, 6.45) is 0. The van der Waals surface area contributed by atoms with Gasteiger partial charge in [-0.2, -0.15) is 0 Å². The second-order valence-corrected chi connectivity index (χ2v) is 3.83. The Morgan fingerprint density at radius 3 is 2.76 bits per heavy atom. The molecule has 0 saturated heterocycles. The van der Waals surface area contributed by atoms with Crippen LogP contribution in [-0.4, -0.2) is 31.0 Å². The molecule has 0 unspecified atom stereocenters. The van der Waals surface area contributed by atoms with Gasteiger partial charge in [0.25, 0.3) is 0 Å². The van der Waals surface area contributed by atoms with Gasteiger partial charge in [0.15, 0.2) is 0 Å². The smallest absolute Gasteiger partial charge is 0.239 e. The zero-order chi connectivity index (χ0) is 12.8. The fraction of sp³-hybridized carbons (Fsp3) is 0.500. The summed E-state index contributed by atoms with van der Waals surface area (Å²) in [7, 11) is 1.63. The first-order valence-corrected chi connectivity index (χ1v) is 5.74. The highest BCUT2D eigenvalue weighted by molar-refractivity contribution is 5.80. The Bertz CT molecular complexity index is 392. The van der Waals surface area contributed by atoms with E-state index in [2.05, 4.69) is 10.3 Å². The molecule has 0 aliphatic rings. The Morgan fingerprint density at radius 1 is 1.53 bits per heavy atom. The summed E-state index contributed by atoms with van der Waals surface area (Å²) in [5.41, 5.74) is 7.57. The van der Waals surface area contributed by atoms with Gasteiger partial charge in [-0.05, 0) is 19.9 Å². The van der Waals surface area contributed by atoms with Crippen LogP contribution < -0.4 is 16.0 Å². The Balaban J connectivity index is 3.01. The molecular formula is C12H20N4O. The molecule has 0 aliphatic carbocycles. The van der Waals surface area contributed by atoms with Gasteiger partial charge in [0.05, 0.1) is 6.54 Å². The fourth-order valence-electron chi connectivity index (χ4n) is 1.59. The van der Waals surface area contributed by atoms with E-state index in [0.29, 0.717) is 13.1 Å². The number of anilines is 1. The zero-order valence-electron chi connectivity index (χ0n) is 10.7. The number of nitrogens with two attached hydrogens (primary N) is 1. The molecule has 0 aliphatic heterocycles. The number of hydrogen-bond donors (Lipinski definition) is 2. The average Bonchev–Trinajstić information content (AvgIpc) is 2.35. The van der Waals surface area contributed by atoms with Crippen LogP contribution in [0.1, 0.15) is 18.2 Å². The van der Waals surface area contributed by atoms with E-state index < -0.39 is 0 Å². The maximum Gasteiger partial charge on any atom is 0.239 e. The van der Waals surface area contributed by atoms with Crippen LogP contribution in [0.2, 0.25) is 0 Å². The van der Waals surface area contributed by atoms with Crippen LogP contribution in [0.5, 0.6) is 0 Å². The topological polar surface area (TPSA) is 71.2 Å².